The van der Waals surface area contributed by atoms with E-state index >= 15 is 0 Å². The molecule has 0 amide bonds. The van der Waals surface area contributed by atoms with Crippen molar-refractivity contribution in [3.63, 3.8) is 0 Å². The van der Waals surface area contributed by atoms with Gasteiger partial charge in [-0.2, -0.15) is 0 Å². The summed E-state index contributed by atoms with van der Waals surface area (Å²) in [6.07, 6.45) is 5.33. The first-order chi connectivity index (χ1) is 3.91. The van der Waals surface area contributed by atoms with Crippen molar-refractivity contribution in [2.45, 2.75) is 19.9 Å². The van der Waals surface area contributed by atoms with Crippen LogP contribution in [0, 0.1) is 0 Å². The Kier molecular flexibility index (Phi) is 6.85. The van der Waals surface area contributed by atoms with Gasteiger partial charge in [0.25, 0.3) is 0 Å². The van der Waals surface area contributed by atoms with E-state index in [0.29, 0.717) is 0 Å². The van der Waals surface area contributed by atoms with Crippen molar-refractivity contribution in [2.75, 3.05) is 6.61 Å². The highest BCUT2D eigenvalue weighted by Crippen LogP contribution is 1.79. The molecule has 0 radical (unpaired) electrons. The molecule has 0 aromatic rings. The lowest BCUT2D eigenvalue weighted by Crippen LogP contribution is -1.91. The molecule has 2 heteroatoms. The van der Waals surface area contributed by atoms with Gasteiger partial charge in [0.05, 0.1) is 6.61 Å². The van der Waals surface area contributed by atoms with E-state index in [9.17, 15) is 0 Å². The van der Waals surface area contributed by atoms with E-state index in [1.807, 2.05) is 0 Å². The maximum absolute atomic E-state index is 5.19. The Morgan fingerprint density at radius 3 is 2.75 bits per heavy atom. The number of hydrogen-bond donors (Lipinski definition) is 0. The monoisotopic (exact) mass is 130 g/mol. The predicted octanol–water partition coefficient (Wildman–Crippen LogP) is 1.10. The van der Waals surface area contributed by atoms with Gasteiger partial charge in [-0.25, -0.2) is 0 Å². The fourth-order valence-electron chi connectivity index (χ4n) is 0.421. The quantitative estimate of drug-likeness (QED) is 0.314. The predicted molar refractivity (Wildman–Crippen MR) is 39.8 cm³/mol. The van der Waals surface area contributed by atoms with Crippen LogP contribution in [0.4, 0.5) is 0 Å². The second-order valence-corrected chi connectivity index (χ2v) is 2.52. The van der Waals surface area contributed by atoms with Gasteiger partial charge in [-0.05, 0) is 6.42 Å². The van der Waals surface area contributed by atoms with Crippen LogP contribution in [0.5, 0.6) is 0 Å². The molecule has 8 heavy (non-hydrogen) atoms. The Morgan fingerprint density at radius 2 is 2.25 bits per heavy atom. The normalized spacial score (nSPS) is 12.2. The third-order valence-electron chi connectivity index (χ3n) is 0.821. The summed E-state index contributed by atoms with van der Waals surface area (Å²) in [6, 6.07) is 0. The lowest BCUT2D eigenvalue weighted by Gasteiger charge is -1.90. The van der Waals surface area contributed by atoms with Crippen LogP contribution in [0.1, 0.15) is 13.3 Å². The van der Waals surface area contributed by atoms with Gasteiger partial charge in [-0.15, -0.1) is 0 Å². The first-order valence-electron chi connectivity index (χ1n) is 3.14. The van der Waals surface area contributed by atoms with Crippen LogP contribution in [-0.2, 0) is 4.43 Å². The Hall–Kier alpha value is -0.0831. The van der Waals surface area contributed by atoms with E-state index in [1.165, 1.54) is 0 Å². The van der Waals surface area contributed by atoms with Crippen LogP contribution in [0.25, 0.3) is 0 Å². The number of rotatable bonds is 4. The summed E-state index contributed by atoms with van der Waals surface area (Å²) in [5, 5.41) is 0. The molecule has 1 nitrogen and oxygen atoms in total. The molecular weight excluding hydrogens is 116 g/mol. The topological polar surface area (TPSA) is 9.23 Å². The molecule has 0 aliphatic heterocycles. The SMILES string of the molecule is CCC=CCO[SiH2]C. The molecule has 0 N–H and O–H groups in total. The second kappa shape index (κ2) is 6.92. The Bertz CT molecular complexity index is 61.5. The Morgan fingerprint density at radius 1 is 1.50 bits per heavy atom. The van der Waals surface area contributed by atoms with Crippen molar-refractivity contribution in [1.29, 1.82) is 0 Å². The van der Waals surface area contributed by atoms with Crippen molar-refractivity contribution >= 4 is 9.76 Å². The van der Waals surface area contributed by atoms with Crippen LogP contribution in [0.3, 0.4) is 0 Å². The van der Waals surface area contributed by atoms with E-state index in [-0.39, 0.29) is 9.76 Å². The molecule has 0 aromatic heterocycles. The van der Waals surface area contributed by atoms with E-state index < -0.39 is 0 Å². The molecule has 48 valence electrons. The van der Waals surface area contributed by atoms with Gasteiger partial charge in [0.1, 0.15) is 0 Å². The maximum atomic E-state index is 5.19. The Labute approximate surface area is 53.7 Å². The van der Waals surface area contributed by atoms with Gasteiger partial charge in [0, 0.05) is 0 Å². The number of allylic oxidation sites excluding steroid dienone is 1. The summed E-state index contributed by atoms with van der Waals surface area (Å²) in [5.41, 5.74) is 0. The average Bonchev–Trinajstić information content (AvgIpc) is 1.81. The van der Waals surface area contributed by atoms with Crippen molar-refractivity contribution in [1.82, 2.24) is 0 Å². The minimum atomic E-state index is -0.165. The zero-order valence-corrected chi connectivity index (χ0v) is 7.10. The zero-order chi connectivity index (χ0) is 6.24. The summed E-state index contributed by atoms with van der Waals surface area (Å²) in [4.78, 5) is 0. The summed E-state index contributed by atoms with van der Waals surface area (Å²) in [6.45, 7) is 5.09. The van der Waals surface area contributed by atoms with Crippen molar-refractivity contribution < 1.29 is 4.43 Å². The largest absolute Gasteiger partial charge is 0.421 e. The zero-order valence-electron chi connectivity index (χ0n) is 5.68. The minimum absolute atomic E-state index is 0.165. The molecule has 0 fully saturated rings. The lowest BCUT2D eigenvalue weighted by molar-refractivity contribution is 0.388. The van der Waals surface area contributed by atoms with Crippen LogP contribution >= 0.6 is 0 Å². The van der Waals surface area contributed by atoms with Crippen molar-refractivity contribution in [3.05, 3.63) is 12.2 Å². The van der Waals surface area contributed by atoms with Crippen molar-refractivity contribution in [3.8, 4) is 0 Å². The molecule has 0 saturated heterocycles. The van der Waals surface area contributed by atoms with Crippen LogP contribution < -0.4 is 0 Å². The lowest BCUT2D eigenvalue weighted by atomic mass is 10.4. The molecule has 0 bridgehead atoms. The second-order valence-electron chi connectivity index (χ2n) is 1.54. The summed E-state index contributed by atoms with van der Waals surface area (Å²) >= 11 is 0. The Balaban J connectivity index is 2.80. The van der Waals surface area contributed by atoms with E-state index in [4.69, 9.17) is 4.43 Å². The van der Waals surface area contributed by atoms with E-state index in [0.717, 1.165) is 13.0 Å². The molecule has 0 atom stereocenters. The smallest absolute Gasteiger partial charge is 0.158 e. The summed E-state index contributed by atoms with van der Waals surface area (Å²) < 4.78 is 5.19. The van der Waals surface area contributed by atoms with Crippen LogP contribution in [0.2, 0.25) is 6.55 Å². The summed E-state index contributed by atoms with van der Waals surface area (Å²) in [5.74, 6) is 0. The van der Waals surface area contributed by atoms with Crippen molar-refractivity contribution in [2.24, 2.45) is 0 Å². The summed E-state index contributed by atoms with van der Waals surface area (Å²) in [7, 11) is -0.165. The van der Waals surface area contributed by atoms with Crippen LogP contribution in [-0.4, -0.2) is 16.4 Å². The van der Waals surface area contributed by atoms with Gasteiger partial charge >= 0.3 is 0 Å². The van der Waals surface area contributed by atoms with Crippen LogP contribution in [0.15, 0.2) is 12.2 Å². The maximum Gasteiger partial charge on any atom is 0.158 e. The highest BCUT2D eigenvalue weighted by molar-refractivity contribution is 6.24. The first-order valence-corrected chi connectivity index (χ1v) is 5.13. The molecule has 0 spiro atoms. The number of hydrogen-bond acceptors (Lipinski definition) is 1. The molecule has 0 unspecified atom stereocenters. The molecule has 0 aliphatic rings. The highest BCUT2D eigenvalue weighted by atomic mass is 28.2. The van der Waals surface area contributed by atoms with Gasteiger partial charge in [0.2, 0.25) is 0 Å². The highest BCUT2D eigenvalue weighted by Gasteiger charge is 1.72. The molecule has 0 aromatic carbocycles. The molecule has 0 rings (SSSR count). The minimum Gasteiger partial charge on any atom is -0.421 e. The fraction of sp³-hybridized carbons (Fsp3) is 0.667. The fourth-order valence-corrected chi connectivity index (χ4v) is 0.792. The first kappa shape index (κ1) is 7.92. The third-order valence-corrected chi connectivity index (χ3v) is 1.46. The van der Waals surface area contributed by atoms with Gasteiger partial charge in [-0.3, -0.25) is 0 Å². The van der Waals surface area contributed by atoms with E-state index in [1.54, 1.807) is 0 Å². The van der Waals surface area contributed by atoms with Gasteiger partial charge in [0.15, 0.2) is 9.76 Å². The standard InChI is InChI=1S/C6H14OSi/c1-3-4-5-6-7-8-2/h4-5H,3,6,8H2,1-2H3. The van der Waals surface area contributed by atoms with Gasteiger partial charge in [-0.1, -0.05) is 25.6 Å². The molecule has 0 saturated carbocycles. The molecule has 0 heterocycles. The molecular formula is C6H14OSi. The average molecular weight is 130 g/mol. The molecule has 0 aliphatic carbocycles. The van der Waals surface area contributed by atoms with Gasteiger partial charge < -0.3 is 4.43 Å². The van der Waals surface area contributed by atoms with E-state index in [2.05, 4.69) is 25.6 Å². The third kappa shape index (κ3) is 5.92.